The standard InChI is InChI=1S/C21H34O4/c1-6-10-11-18(7-2)14-17(5)15-21(9-4)16-20(8-3,24-25-21)13-12-19(22)23/h10-13,15,18H,6-9,14,16H2,1-5H3,(H,22,23)/b11-10+,13-12+,17-15+/t18-,20+,21-/m1/s1. The van der Waals surface area contributed by atoms with Crippen LogP contribution in [-0.2, 0) is 14.6 Å². The molecule has 0 aromatic heterocycles. The first-order chi connectivity index (χ1) is 11.8. The van der Waals surface area contributed by atoms with Gasteiger partial charge in [0.2, 0.25) is 0 Å². The zero-order valence-electron chi connectivity index (χ0n) is 16.4. The van der Waals surface area contributed by atoms with Crippen LogP contribution < -0.4 is 0 Å². The minimum absolute atomic E-state index is 0.490. The first-order valence-corrected chi connectivity index (χ1v) is 9.48. The Hall–Kier alpha value is -1.39. The van der Waals surface area contributed by atoms with Gasteiger partial charge in [-0.3, -0.25) is 0 Å². The van der Waals surface area contributed by atoms with Crippen molar-refractivity contribution in [3.05, 3.63) is 36.0 Å². The molecule has 1 aliphatic heterocycles. The van der Waals surface area contributed by atoms with E-state index in [4.69, 9.17) is 14.9 Å². The minimum atomic E-state index is -0.967. The van der Waals surface area contributed by atoms with Crippen LogP contribution in [0, 0.1) is 5.92 Å². The van der Waals surface area contributed by atoms with Crippen LogP contribution in [0.1, 0.15) is 73.1 Å². The van der Waals surface area contributed by atoms with Crippen molar-refractivity contribution in [2.24, 2.45) is 5.92 Å². The molecule has 0 saturated carbocycles. The lowest BCUT2D eigenvalue weighted by Crippen LogP contribution is -2.29. The molecule has 1 saturated heterocycles. The predicted octanol–water partition coefficient (Wildman–Crippen LogP) is 5.61. The van der Waals surface area contributed by atoms with Gasteiger partial charge in [0.25, 0.3) is 0 Å². The second-order valence-corrected chi connectivity index (χ2v) is 7.05. The van der Waals surface area contributed by atoms with Crippen LogP contribution in [0.15, 0.2) is 36.0 Å². The van der Waals surface area contributed by atoms with Crippen LogP contribution in [0.4, 0.5) is 0 Å². The van der Waals surface area contributed by atoms with Gasteiger partial charge >= 0.3 is 5.97 Å². The molecular formula is C21H34O4. The quantitative estimate of drug-likeness (QED) is 0.316. The third kappa shape index (κ3) is 6.44. The van der Waals surface area contributed by atoms with Crippen LogP contribution in [0.5, 0.6) is 0 Å². The molecule has 3 atom stereocenters. The van der Waals surface area contributed by atoms with E-state index < -0.39 is 17.2 Å². The molecule has 4 nitrogen and oxygen atoms in total. The van der Waals surface area contributed by atoms with Crippen molar-refractivity contribution in [2.75, 3.05) is 0 Å². The molecular weight excluding hydrogens is 316 g/mol. The maximum absolute atomic E-state index is 10.9. The summed E-state index contributed by atoms with van der Waals surface area (Å²) >= 11 is 0. The van der Waals surface area contributed by atoms with Gasteiger partial charge in [-0.2, -0.15) is 0 Å². The molecule has 4 heteroatoms. The summed E-state index contributed by atoms with van der Waals surface area (Å²) < 4.78 is 0. The second-order valence-electron chi connectivity index (χ2n) is 7.05. The van der Waals surface area contributed by atoms with Crippen LogP contribution in [0.2, 0.25) is 0 Å². The van der Waals surface area contributed by atoms with Gasteiger partial charge < -0.3 is 5.11 Å². The molecule has 0 aromatic rings. The second kappa shape index (κ2) is 9.93. The molecule has 1 N–H and O–H groups in total. The Balaban J connectivity index is 2.92. The van der Waals surface area contributed by atoms with E-state index in [2.05, 4.69) is 45.9 Å². The molecule has 1 heterocycles. The molecule has 1 rings (SSSR count). The Morgan fingerprint density at radius 1 is 1.16 bits per heavy atom. The molecule has 0 radical (unpaired) electrons. The zero-order chi connectivity index (χ0) is 18.9. The van der Waals surface area contributed by atoms with Crippen molar-refractivity contribution in [1.82, 2.24) is 0 Å². The molecule has 0 unspecified atom stereocenters. The van der Waals surface area contributed by atoms with Crippen molar-refractivity contribution < 1.29 is 19.7 Å². The summed E-state index contributed by atoms with van der Waals surface area (Å²) in [4.78, 5) is 22.3. The van der Waals surface area contributed by atoms with Crippen molar-refractivity contribution in [2.45, 2.75) is 84.3 Å². The summed E-state index contributed by atoms with van der Waals surface area (Å²) in [5.74, 6) is -0.430. The first kappa shape index (κ1) is 21.7. The predicted molar refractivity (Wildman–Crippen MR) is 101 cm³/mol. The van der Waals surface area contributed by atoms with Crippen LogP contribution in [0.25, 0.3) is 0 Å². The number of rotatable bonds is 10. The lowest BCUT2D eigenvalue weighted by atomic mass is 9.82. The topological polar surface area (TPSA) is 55.8 Å². The highest BCUT2D eigenvalue weighted by Crippen LogP contribution is 2.43. The maximum Gasteiger partial charge on any atom is 0.328 e. The van der Waals surface area contributed by atoms with Gasteiger partial charge in [-0.1, -0.05) is 51.5 Å². The van der Waals surface area contributed by atoms with E-state index in [-0.39, 0.29) is 0 Å². The summed E-state index contributed by atoms with van der Waals surface area (Å²) in [5, 5.41) is 8.91. The number of carboxylic acid groups (broad SMARTS) is 1. The van der Waals surface area contributed by atoms with E-state index in [0.717, 1.165) is 31.8 Å². The van der Waals surface area contributed by atoms with Gasteiger partial charge in [-0.05, 0) is 51.0 Å². The Kier molecular flexibility index (Phi) is 8.60. The highest BCUT2D eigenvalue weighted by atomic mass is 17.2. The van der Waals surface area contributed by atoms with Gasteiger partial charge in [-0.25, -0.2) is 14.6 Å². The highest BCUT2D eigenvalue weighted by molar-refractivity contribution is 5.79. The molecule has 25 heavy (non-hydrogen) atoms. The number of carboxylic acids is 1. The number of aliphatic carboxylic acids is 1. The summed E-state index contributed by atoms with van der Waals surface area (Å²) in [6, 6.07) is 0. The lowest BCUT2D eigenvalue weighted by molar-refractivity contribution is -0.333. The van der Waals surface area contributed by atoms with Crippen LogP contribution in [-0.4, -0.2) is 22.3 Å². The molecule has 0 bridgehead atoms. The molecule has 1 fully saturated rings. The van der Waals surface area contributed by atoms with Crippen molar-refractivity contribution in [3.63, 3.8) is 0 Å². The van der Waals surface area contributed by atoms with E-state index in [9.17, 15) is 4.79 Å². The normalized spacial score (nSPS) is 28.9. The van der Waals surface area contributed by atoms with E-state index in [0.29, 0.717) is 18.8 Å². The van der Waals surface area contributed by atoms with Crippen molar-refractivity contribution in [1.29, 1.82) is 0 Å². The fourth-order valence-corrected chi connectivity index (χ4v) is 3.30. The van der Waals surface area contributed by atoms with Gasteiger partial charge in [0, 0.05) is 12.5 Å². The summed E-state index contributed by atoms with van der Waals surface area (Å²) in [5.41, 5.74) is 0.125. The SMILES string of the molecule is CC/C=C/[C@@H](CC)C/C(C)=C/[C@]1(CC)C[C@@](/C=C/C(=O)O)(CC)OO1. The zero-order valence-corrected chi connectivity index (χ0v) is 16.4. The van der Waals surface area contributed by atoms with E-state index in [1.54, 1.807) is 6.08 Å². The van der Waals surface area contributed by atoms with E-state index in [1.807, 2.05) is 6.92 Å². The molecule has 0 aromatic carbocycles. The first-order valence-electron chi connectivity index (χ1n) is 9.48. The molecule has 1 aliphatic rings. The van der Waals surface area contributed by atoms with Crippen molar-refractivity contribution >= 4 is 5.97 Å². The average Bonchev–Trinajstić information content (AvgIpc) is 2.96. The Morgan fingerprint density at radius 2 is 1.80 bits per heavy atom. The van der Waals surface area contributed by atoms with Gasteiger partial charge in [0.05, 0.1) is 0 Å². The minimum Gasteiger partial charge on any atom is -0.478 e. The Labute approximate surface area is 152 Å². The average molecular weight is 350 g/mol. The van der Waals surface area contributed by atoms with Crippen LogP contribution in [0.3, 0.4) is 0 Å². The largest absolute Gasteiger partial charge is 0.478 e. The number of allylic oxidation sites excluding steroid dienone is 3. The summed E-state index contributed by atoms with van der Waals surface area (Å²) in [7, 11) is 0. The number of hydrogen-bond donors (Lipinski definition) is 1. The smallest absolute Gasteiger partial charge is 0.328 e. The highest BCUT2D eigenvalue weighted by Gasteiger charge is 2.47. The fourth-order valence-electron chi connectivity index (χ4n) is 3.30. The van der Waals surface area contributed by atoms with Gasteiger partial charge in [-0.15, -0.1) is 0 Å². The molecule has 0 amide bonds. The fraction of sp³-hybridized carbons (Fsp3) is 0.667. The number of carbonyl (C=O) groups is 1. The molecule has 0 aliphatic carbocycles. The Bertz CT molecular complexity index is 520. The third-order valence-electron chi connectivity index (χ3n) is 4.96. The summed E-state index contributed by atoms with van der Waals surface area (Å²) in [6.45, 7) is 10.6. The van der Waals surface area contributed by atoms with Gasteiger partial charge in [0.15, 0.2) is 0 Å². The lowest BCUT2D eigenvalue weighted by Gasteiger charge is -2.23. The molecule has 0 spiro atoms. The van der Waals surface area contributed by atoms with Gasteiger partial charge in [0.1, 0.15) is 11.2 Å². The van der Waals surface area contributed by atoms with Crippen molar-refractivity contribution in [3.8, 4) is 0 Å². The Morgan fingerprint density at radius 3 is 2.32 bits per heavy atom. The number of hydrogen-bond acceptors (Lipinski definition) is 3. The third-order valence-corrected chi connectivity index (χ3v) is 4.96. The van der Waals surface area contributed by atoms with E-state index in [1.165, 1.54) is 5.57 Å². The monoisotopic (exact) mass is 350 g/mol. The van der Waals surface area contributed by atoms with Crippen LogP contribution >= 0.6 is 0 Å². The maximum atomic E-state index is 10.9. The molecule has 142 valence electrons. The van der Waals surface area contributed by atoms with E-state index >= 15 is 0 Å². The summed E-state index contributed by atoms with van der Waals surface area (Å²) in [6.07, 6.45) is 14.7.